The first-order valence-corrected chi connectivity index (χ1v) is 9.81. The van der Waals surface area contributed by atoms with Gasteiger partial charge >= 0.3 is 0 Å². The van der Waals surface area contributed by atoms with Gasteiger partial charge in [0, 0.05) is 18.7 Å². The summed E-state index contributed by atoms with van der Waals surface area (Å²) in [6.45, 7) is 8.05. The van der Waals surface area contributed by atoms with E-state index in [1.807, 2.05) is 42.5 Å². The Morgan fingerprint density at radius 3 is 2.31 bits per heavy atom. The lowest BCUT2D eigenvalue weighted by Gasteiger charge is -2.24. The van der Waals surface area contributed by atoms with Crippen LogP contribution < -0.4 is 24.3 Å². The fourth-order valence-electron chi connectivity index (χ4n) is 2.83. The SMILES string of the molecule is COc1ccc(OC[C@H](O)CNCCOc2ccccc2OC)c(C(C)(C)C)c1. The summed E-state index contributed by atoms with van der Waals surface area (Å²) in [6, 6.07) is 13.3. The first-order valence-electron chi connectivity index (χ1n) is 9.81. The van der Waals surface area contributed by atoms with E-state index >= 15 is 0 Å². The van der Waals surface area contributed by atoms with Crippen LogP contribution >= 0.6 is 0 Å². The van der Waals surface area contributed by atoms with Crippen molar-refractivity contribution in [2.75, 3.05) is 40.5 Å². The molecule has 2 N–H and O–H groups in total. The molecule has 0 spiro atoms. The molecule has 0 aromatic heterocycles. The molecule has 1 atom stereocenters. The van der Waals surface area contributed by atoms with E-state index in [-0.39, 0.29) is 12.0 Å². The molecule has 0 aliphatic rings. The first kappa shape index (κ1) is 22.8. The number of aliphatic hydroxyl groups excluding tert-OH is 1. The lowest BCUT2D eigenvalue weighted by molar-refractivity contribution is 0.104. The van der Waals surface area contributed by atoms with Crippen molar-refractivity contribution in [2.45, 2.75) is 32.3 Å². The molecule has 0 bridgehead atoms. The third-order valence-electron chi connectivity index (χ3n) is 4.41. The molecular formula is C23H33NO5. The highest BCUT2D eigenvalue weighted by Crippen LogP contribution is 2.34. The molecule has 0 saturated heterocycles. The number of hydrogen-bond acceptors (Lipinski definition) is 6. The predicted molar refractivity (Wildman–Crippen MR) is 115 cm³/mol. The number of ether oxygens (including phenoxy) is 4. The van der Waals surface area contributed by atoms with Crippen LogP contribution in [0.15, 0.2) is 42.5 Å². The van der Waals surface area contributed by atoms with E-state index in [0.29, 0.717) is 31.2 Å². The summed E-state index contributed by atoms with van der Waals surface area (Å²) >= 11 is 0. The van der Waals surface area contributed by atoms with E-state index < -0.39 is 6.10 Å². The minimum Gasteiger partial charge on any atom is -0.497 e. The second-order valence-electron chi connectivity index (χ2n) is 7.78. The number of methoxy groups -OCH3 is 2. The van der Waals surface area contributed by atoms with Gasteiger partial charge in [-0.3, -0.25) is 0 Å². The average molecular weight is 404 g/mol. The Bertz CT molecular complexity index is 757. The van der Waals surface area contributed by atoms with Gasteiger partial charge in [-0.1, -0.05) is 32.9 Å². The smallest absolute Gasteiger partial charge is 0.161 e. The number of rotatable bonds is 11. The fourth-order valence-corrected chi connectivity index (χ4v) is 2.83. The Hall–Kier alpha value is -2.44. The second-order valence-corrected chi connectivity index (χ2v) is 7.78. The Labute approximate surface area is 173 Å². The highest BCUT2D eigenvalue weighted by molar-refractivity contribution is 5.44. The molecule has 6 nitrogen and oxygen atoms in total. The van der Waals surface area contributed by atoms with Gasteiger partial charge in [-0.05, 0) is 35.7 Å². The third kappa shape index (κ3) is 7.15. The van der Waals surface area contributed by atoms with Crippen molar-refractivity contribution in [1.82, 2.24) is 5.32 Å². The summed E-state index contributed by atoms with van der Waals surface area (Å²) in [7, 11) is 3.26. The maximum atomic E-state index is 10.2. The van der Waals surface area contributed by atoms with E-state index in [0.717, 1.165) is 17.1 Å². The van der Waals surface area contributed by atoms with Crippen LogP contribution in [0.5, 0.6) is 23.0 Å². The highest BCUT2D eigenvalue weighted by atomic mass is 16.5. The van der Waals surface area contributed by atoms with Crippen LogP contribution in [0.25, 0.3) is 0 Å². The highest BCUT2D eigenvalue weighted by Gasteiger charge is 2.20. The van der Waals surface area contributed by atoms with Crippen molar-refractivity contribution in [1.29, 1.82) is 0 Å². The standard InChI is InChI=1S/C23H33NO5/c1-23(2,3)19-14-18(26-4)10-11-20(19)29-16-17(25)15-24-12-13-28-22-9-7-6-8-21(22)27-5/h6-11,14,17,24-25H,12-13,15-16H2,1-5H3/t17-/m1/s1. The Morgan fingerprint density at radius 1 is 0.931 bits per heavy atom. The number of nitrogens with one attached hydrogen (secondary N) is 1. The van der Waals surface area contributed by atoms with Crippen molar-refractivity contribution < 1.29 is 24.1 Å². The zero-order valence-corrected chi connectivity index (χ0v) is 18.0. The number of para-hydroxylation sites is 2. The maximum absolute atomic E-state index is 10.2. The molecule has 0 aliphatic heterocycles. The molecule has 2 aromatic rings. The van der Waals surface area contributed by atoms with Gasteiger partial charge in [0.05, 0.1) is 14.2 Å². The molecule has 0 amide bonds. The minimum atomic E-state index is -0.629. The molecule has 0 unspecified atom stereocenters. The molecule has 2 aromatic carbocycles. The lowest BCUT2D eigenvalue weighted by Crippen LogP contribution is -2.34. The van der Waals surface area contributed by atoms with Gasteiger partial charge in [0.15, 0.2) is 11.5 Å². The van der Waals surface area contributed by atoms with Crippen LogP contribution in [0.4, 0.5) is 0 Å². The molecule has 160 valence electrons. The largest absolute Gasteiger partial charge is 0.497 e. The van der Waals surface area contributed by atoms with Crippen molar-refractivity contribution in [3.05, 3.63) is 48.0 Å². The molecule has 0 aliphatic carbocycles. The van der Waals surface area contributed by atoms with Crippen molar-refractivity contribution in [2.24, 2.45) is 0 Å². The van der Waals surface area contributed by atoms with Crippen LogP contribution in [0.1, 0.15) is 26.3 Å². The van der Waals surface area contributed by atoms with E-state index in [1.54, 1.807) is 14.2 Å². The minimum absolute atomic E-state index is 0.0943. The van der Waals surface area contributed by atoms with Crippen molar-refractivity contribution >= 4 is 0 Å². The van der Waals surface area contributed by atoms with Crippen LogP contribution in [0.3, 0.4) is 0 Å². The quantitative estimate of drug-likeness (QED) is 0.561. The fraction of sp³-hybridized carbons (Fsp3) is 0.478. The van der Waals surface area contributed by atoms with Crippen molar-refractivity contribution in [3.8, 4) is 23.0 Å². The van der Waals surface area contributed by atoms with Gasteiger partial charge in [0.25, 0.3) is 0 Å². The van der Waals surface area contributed by atoms with Gasteiger partial charge < -0.3 is 29.4 Å². The molecule has 0 radical (unpaired) electrons. The number of aliphatic hydroxyl groups is 1. The van der Waals surface area contributed by atoms with Gasteiger partial charge in [-0.15, -0.1) is 0 Å². The molecule has 0 fully saturated rings. The van der Waals surface area contributed by atoms with Crippen LogP contribution in [-0.2, 0) is 5.41 Å². The van der Waals surface area contributed by atoms with Gasteiger partial charge in [0.2, 0.25) is 0 Å². The number of hydrogen-bond donors (Lipinski definition) is 2. The molecule has 0 heterocycles. The summed E-state index contributed by atoms with van der Waals surface area (Å²) in [4.78, 5) is 0. The van der Waals surface area contributed by atoms with Gasteiger partial charge in [0.1, 0.15) is 30.8 Å². The van der Waals surface area contributed by atoms with Gasteiger partial charge in [-0.25, -0.2) is 0 Å². The van der Waals surface area contributed by atoms with E-state index in [4.69, 9.17) is 18.9 Å². The molecule has 29 heavy (non-hydrogen) atoms. The van der Waals surface area contributed by atoms with Gasteiger partial charge in [-0.2, -0.15) is 0 Å². The van der Waals surface area contributed by atoms with Crippen LogP contribution in [0.2, 0.25) is 0 Å². The summed E-state index contributed by atoms with van der Waals surface area (Å²) in [6.07, 6.45) is -0.629. The van der Waals surface area contributed by atoms with E-state index in [9.17, 15) is 5.11 Å². The predicted octanol–water partition coefficient (Wildman–Crippen LogP) is 3.41. The van der Waals surface area contributed by atoms with Crippen LogP contribution in [0, 0.1) is 0 Å². The molecular weight excluding hydrogens is 370 g/mol. The normalized spacial score (nSPS) is 12.3. The number of benzene rings is 2. The van der Waals surface area contributed by atoms with Crippen LogP contribution in [-0.4, -0.2) is 51.7 Å². The zero-order valence-electron chi connectivity index (χ0n) is 18.0. The Balaban J connectivity index is 1.75. The summed E-state index contributed by atoms with van der Waals surface area (Å²) in [5, 5.41) is 13.4. The lowest BCUT2D eigenvalue weighted by atomic mass is 9.86. The second kappa shape index (κ2) is 10.9. The zero-order chi connectivity index (χ0) is 21.3. The Morgan fingerprint density at radius 2 is 1.66 bits per heavy atom. The first-order chi connectivity index (χ1) is 13.8. The molecule has 2 rings (SSSR count). The Kier molecular flexibility index (Phi) is 8.61. The molecule has 0 saturated carbocycles. The summed E-state index contributed by atoms with van der Waals surface area (Å²) < 4.78 is 22.2. The van der Waals surface area contributed by atoms with Crippen molar-refractivity contribution in [3.63, 3.8) is 0 Å². The topological polar surface area (TPSA) is 69.2 Å². The van der Waals surface area contributed by atoms with E-state index in [1.165, 1.54) is 0 Å². The summed E-state index contributed by atoms with van der Waals surface area (Å²) in [5.74, 6) is 2.96. The third-order valence-corrected chi connectivity index (χ3v) is 4.41. The summed E-state index contributed by atoms with van der Waals surface area (Å²) in [5.41, 5.74) is 0.949. The van der Waals surface area contributed by atoms with E-state index in [2.05, 4.69) is 26.1 Å². The monoisotopic (exact) mass is 403 g/mol. The average Bonchev–Trinajstić information content (AvgIpc) is 2.71. The maximum Gasteiger partial charge on any atom is 0.161 e. The molecule has 6 heteroatoms.